The molecule has 2 heteroatoms. The molecule has 0 radical (unpaired) electrons. The van der Waals surface area contributed by atoms with E-state index < -0.39 is 0 Å². The Balaban J connectivity index is 2.16. The van der Waals surface area contributed by atoms with Crippen molar-refractivity contribution in [3.63, 3.8) is 0 Å². The van der Waals surface area contributed by atoms with Crippen LogP contribution in [-0.2, 0) is 6.42 Å². The highest BCUT2D eigenvalue weighted by Crippen LogP contribution is 2.29. The van der Waals surface area contributed by atoms with Gasteiger partial charge in [-0.3, -0.25) is 0 Å². The van der Waals surface area contributed by atoms with Crippen LogP contribution in [0.1, 0.15) is 11.1 Å². The molecule has 0 saturated heterocycles. The monoisotopic (exact) mass is 250 g/mol. The van der Waals surface area contributed by atoms with E-state index in [9.17, 15) is 0 Å². The molecule has 2 nitrogen and oxygen atoms in total. The summed E-state index contributed by atoms with van der Waals surface area (Å²) in [6.07, 6.45) is 2.99. The molecular weight excluding hydrogens is 232 g/mol. The minimum Gasteiger partial charge on any atom is -0.360 e. The number of fused-ring (bicyclic) bond motifs is 1. The van der Waals surface area contributed by atoms with Crippen molar-refractivity contribution in [2.45, 2.75) is 13.3 Å². The quantitative estimate of drug-likeness (QED) is 0.732. The molecule has 0 amide bonds. The summed E-state index contributed by atoms with van der Waals surface area (Å²) in [6.45, 7) is 2.79. The molecule has 3 aromatic rings. The number of aromatic amines is 1. The van der Waals surface area contributed by atoms with Crippen LogP contribution in [0.15, 0.2) is 48.7 Å². The number of H-pyrrole nitrogens is 1. The van der Waals surface area contributed by atoms with Crippen LogP contribution >= 0.6 is 0 Å². The van der Waals surface area contributed by atoms with Crippen molar-refractivity contribution in [1.29, 1.82) is 0 Å². The van der Waals surface area contributed by atoms with Crippen molar-refractivity contribution < 1.29 is 0 Å². The summed E-state index contributed by atoms with van der Waals surface area (Å²) < 4.78 is 0. The van der Waals surface area contributed by atoms with Crippen LogP contribution in [0, 0.1) is 6.92 Å². The number of benzene rings is 2. The SMILES string of the molecule is Cc1ccc(-c2cccc3c(CCN)c[nH]c23)cc1. The second kappa shape index (κ2) is 4.90. The summed E-state index contributed by atoms with van der Waals surface area (Å²) in [5.41, 5.74) is 11.9. The van der Waals surface area contributed by atoms with Crippen LogP contribution < -0.4 is 5.73 Å². The fraction of sp³-hybridized carbons (Fsp3) is 0.176. The maximum absolute atomic E-state index is 5.66. The van der Waals surface area contributed by atoms with Crippen LogP contribution in [0.5, 0.6) is 0 Å². The van der Waals surface area contributed by atoms with Gasteiger partial charge in [-0.1, -0.05) is 48.0 Å². The molecule has 1 heterocycles. The maximum Gasteiger partial charge on any atom is 0.0536 e. The number of nitrogens with one attached hydrogen (secondary N) is 1. The van der Waals surface area contributed by atoms with Crippen LogP contribution in [-0.4, -0.2) is 11.5 Å². The van der Waals surface area contributed by atoms with Gasteiger partial charge in [-0.15, -0.1) is 0 Å². The van der Waals surface area contributed by atoms with Gasteiger partial charge in [0.15, 0.2) is 0 Å². The number of aryl methyl sites for hydroxylation is 1. The third kappa shape index (κ3) is 2.15. The second-order valence-corrected chi connectivity index (χ2v) is 4.95. The number of nitrogens with two attached hydrogens (primary N) is 1. The normalized spacial score (nSPS) is 11.1. The van der Waals surface area contributed by atoms with Gasteiger partial charge in [0, 0.05) is 17.1 Å². The topological polar surface area (TPSA) is 41.8 Å². The van der Waals surface area contributed by atoms with Crippen molar-refractivity contribution in [3.05, 3.63) is 59.8 Å². The van der Waals surface area contributed by atoms with Crippen molar-refractivity contribution in [2.75, 3.05) is 6.54 Å². The van der Waals surface area contributed by atoms with Crippen molar-refractivity contribution in [1.82, 2.24) is 4.98 Å². The van der Waals surface area contributed by atoms with Crippen molar-refractivity contribution >= 4 is 10.9 Å². The Bertz CT molecular complexity index is 693. The average molecular weight is 250 g/mol. The Hall–Kier alpha value is -2.06. The molecule has 0 aliphatic carbocycles. The van der Waals surface area contributed by atoms with Crippen LogP contribution in [0.3, 0.4) is 0 Å². The molecular formula is C17H18N2. The third-order valence-electron chi connectivity index (χ3n) is 3.58. The molecule has 1 aromatic heterocycles. The van der Waals surface area contributed by atoms with Gasteiger partial charge < -0.3 is 10.7 Å². The highest BCUT2D eigenvalue weighted by molar-refractivity contribution is 5.96. The standard InChI is InChI=1S/C17H18N2/c1-12-5-7-13(8-6-12)15-3-2-4-16-14(9-10-18)11-19-17(15)16/h2-8,11,19H,9-10,18H2,1H3. The molecule has 0 atom stereocenters. The van der Waals surface area contributed by atoms with E-state index in [0.717, 1.165) is 6.42 Å². The first kappa shape index (κ1) is 12.0. The average Bonchev–Trinajstić information content (AvgIpc) is 2.84. The lowest BCUT2D eigenvalue weighted by molar-refractivity contribution is 0.976. The van der Waals surface area contributed by atoms with Gasteiger partial charge in [0.1, 0.15) is 0 Å². The lowest BCUT2D eigenvalue weighted by atomic mass is 10.0. The summed E-state index contributed by atoms with van der Waals surface area (Å²) in [5, 5.41) is 1.28. The number of rotatable bonds is 3. The highest BCUT2D eigenvalue weighted by atomic mass is 14.7. The highest BCUT2D eigenvalue weighted by Gasteiger charge is 2.08. The Morgan fingerprint density at radius 2 is 1.84 bits per heavy atom. The summed E-state index contributed by atoms with van der Waals surface area (Å²) in [6, 6.07) is 15.1. The van der Waals surface area contributed by atoms with Gasteiger partial charge in [-0.2, -0.15) is 0 Å². The maximum atomic E-state index is 5.66. The Morgan fingerprint density at radius 1 is 1.05 bits per heavy atom. The van der Waals surface area contributed by atoms with Gasteiger partial charge in [-0.25, -0.2) is 0 Å². The largest absolute Gasteiger partial charge is 0.360 e. The molecule has 0 spiro atoms. The molecule has 0 aliphatic heterocycles. The fourth-order valence-electron chi connectivity index (χ4n) is 2.55. The van der Waals surface area contributed by atoms with Crippen LogP contribution in [0.4, 0.5) is 0 Å². The lowest BCUT2D eigenvalue weighted by Crippen LogP contribution is -2.01. The molecule has 0 bridgehead atoms. The van der Waals surface area contributed by atoms with E-state index in [4.69, 9.17) is 5.73 Å². The first-order valence-electron chi connectivity index (χ1n) is 6.65. The number of para-hydroxylation sites is 1. The van der Waals surface area contributed by atoms with Crippen molar-refractivity contribution in [2.24, 2.45) is 5.73 Å². The zero-order valence-corrected chi connectivity index (χ0v) is 11.1. The zero-order valence-electron chi connectivity index (χ0n) is 11.1. The lowest BCUT2D eigenvalue weighted by Gasteiger charge is -2.05. The van der Waals surface area contributed by atoms with E-state index >= 15 is 0 Å². The Morgan fingerprint density at radius 3 is 2.58 bits per heavy atom. The predicted molar refractivity (Wildman–Crippen MR) is 81.2 cm³/mol. The molecule has 96 valence electrons. The number of aromatic nitrogens is 1. The minimum absolute atomic E-state index is 0.682. The first-order chi connectivity index (χ1) is 9.29. The Labute approximate surface area is 113 Å². The van der Waals surface area contributed by atoms with E-state index in [1.54, 1.807) is 0 Å². The third-order valence-corrected chi connectivity index (χ3v) is 3.58. The summed E-state index contributed by atoms with van der Waals surface area (Å²) in [4.78, 5) is 3.40. The molecule has 0 saturated carbocycles. The van der Waals surface area contributed by atoms with Gasteiger partial charge in [0.2, 0.25) is 0 Å². The Kier molecular flexibility index (Phi) is 3.10. The van der Waals surface area contributed by atoms with Crippen molar-refractivity contribution in [3.8, 4) is 11.1 Å². The minimum atomic E-state index is 0.682. The van der Waals surface area contributed by atoms with E-state index in [2.05, 4.69) is 60.6 Å². The summed E-state index contributed by atoms with van der Waals surface area (Å²) in [7, 11) is 0. The van der Waals surface area contributed by atoms with E-state index in [1.165, 1.54) is 33.2 Å². The molecule has 19 heavy (non-hydrogen) atoms. The molecule has 2 aromatic carbocycles. The van der Waals surface area contributed by atoms with Gasteiger partial charge in [-0.05, 0) is 31.0 Å². The van der Waals surface area contributed by atoms with Gasteiger partial charge in [0.25, 0.3) is 0 Å². The first-order valence-corrected chi connectivity index (χ1v) is 6.65. The van der Waals surface area contributed by atoms with E-state index in [-0.39, 0.29) is 0 Å². The summed E-state index contributed by atoms with van der Waals surface area (Å²) >= 11 is 0. The van der Waals surface area contributed by atoms with Gasteiger partial charge in [0.05, 0.1) is 5.52 Å². The van der Waals surface area contributed by atoms with Gasteiger partial charge >= 0.3 is 0 Å². The molecule has 3 N–H and O–H groups in total. The fourth-order valence-corrected chi connectivity index (χ4v) is 2.55. The van der Waals surface area contributed by atoms with E-state index in [0.29, 0.717) is 6.54 Å². The smallest absolute Gasteiger partial charge is 0.0536 e. The van der Waals surface area contributed by atoms with Crippen LogP contribution in [0.25, 0.3) is 22.0 Å². The number of hydrogen-bond donors (Lipinski definition) is 2. The molecule has 3 rings (SSSR count). The van der Waals surface area contributed by atoms with E-state index in [1.807, 2.05) is 0 Å². The summed E-state index contributed by atoms with van der Waals surface area (Å²) in [5.74, 6) is 0. The zero-order chi connectivity index (χ0) is 13.2. The number of hydrogen-bond acceptors (Lipinski definition) is 1. The molecule has 0 fully saturated rings. The molecule has 0 unspecified atom stereocenters. The predicted octanol–water partition coefficient (Wildman–Crippen LogP) is 3.64. The second-order valence-electron chi connectivity index (χ2n) is 4.95. The molecule has 0 aliphatic rings. The van der Waals surface area contributed by atoms with Crippen LogP contribution in [0.2, 0.25) is 0 Å².